The van der Waals surface area contributed by atoms with Gasteiger partial charge in [-0.3, -0.25) is 0 Å². The van der Waals surface area contributed by atoms with Crippen molar-refractivity contribution in [1.82, 2.24) is 4.90 Å². The molecule has 0 N–H and O–H groups in total. The lowest BCUT2D eigenvalue weighted by Gasteiger charge is -2.29. The van der Waals surface area contributed by atoms with Gasteiger partial charge in [-0.25, -0.2) is 12.8 Å². The first kappa shape index (κ1) is 15.5. The molecule has 20 heavy (non-hydrogen) atoms. The van der Waals surface area contributed by atoms with Crippen molar-refractivity contribution < 1.29 is 22.3 Å². The lowest BCUT2D eigenvalue weighted by Crippen LogP contribution is -2.42. The fourth-order valence-corrected chi connectivity index (χ4v) is 2.66. The standard InChI is InChI=1S/C12H15ClFNO4S/c1-15-4-5-18-9(7-15)8-19-12-3-2-10(6-11(12)14)20(13,16)17/h2-3,6,9H,4-5,7-8H2,1H3. The summed E-state index contributed by atoms with van der Waals surface area (Å²) in [4.78, 5) is 1.80. The van der Waals surface area contributed by atoms with Crippen molar-refractivity contribution in [2.45, 2.75) is 11.0 Å². The molecule has 0 amide bonds. The number of benzene rings is 1. The van der Waals surface area contributed by atoms with Gasteiger partial charge in [-0.05, 0) is 25.2 Å². The van der Waals surface area contributed by atoms with Crippen molar-refractivity contribution in [3.63, 3.8) is 0 Å². The average Bonchev–Trinajstić information content (AvgIpc) is 2.36. The molecule has 1 aromatic rings. The van der Waals surface area contributed by atoms with Gasteiger partial charge in [-0.1, -0.05) is 0 Å². The van der Waals surface area contributed by atoms with E-state index in [1.807, 2.05) is 7.05 Å². The van der Waals surface area contributed by atoms with Crippen LogP contribution in [0.15, 0.2) is 23.1 Å². The van der Waals surface area contributed by atoms with E-state index in [2.05, 4.69) is 4.90 Å². The monoisotopic (exact) mass is 323 g/mol. The molecule has 2 rings (SSSR count). The molecule has 5 nitrogen and oxygen atoms in total. The van der Waals surface area contributed by atoms with E-state index >= 15 is 0 Å². The van der Waals surface area contributed by atoms with E-state index in [0.717, 1.165) is 12.6 Å². The van der Waals surface area contributed by atoms with Crippen LogP contribution in [0.3, 0.4) is 0 Å². The molecule has 1 aliphatic heterocycles. The molecule has 112 valence electrons. The van der Waals surface area contributed by atoms with Gasteiger partial charge in [0, 0.05) is 23.8 Å². The molecule has 0 aromatic heterocycles. The van der Waals surface area contributed by atoms with Crippen LogP contribution >= 0.6 is 10.7 Å². The van der Waals surface area contributed by atoms with Crippen LogP contribution in [0.5, 0.6) is 5.75 Å². The second-order valence-corrected chi connectivity index (χ2v) is 7.16. The number of ether oxygens (including phenoxy) is 2. The van der Waals surface area contributed by atoms with Gasteiger partial charge < -0.3 is 14.4 Å². The molecule has 0 spiro atoms. The quantitative estimate of drug-likeness (QED) is 0.785. The summed E-state index contributed by atoms with van der Waals surface area (Å²) in [5, 5.41) is 0. The molecule has 1 atom stereocenters. The highest BCUT2D eigenvalue weighted by molar-refractivity contribution is 8.13. The largest absolute Gasteiger partial charge is 0.488 e. The van der Waals surface area contributed by atoms with E-state index in [1.54, 1.807) is 0 Å². The highest BCUT2D eigenvalue weighted by Crippen LogP contribution is 2.23. The normalized spacial score (nSPS) is 20.9. The van der Waals surface area contributed by atoms with E-state index in [1.165, 1.54) is 12.1 Å². The minimum atomic E-state index is -3.94. The Hall–Kier alpha value is -0.890. The van der Waals surface area contributed by atoms with E-state index in [9.17, 15) is 12.8 Å². The van der Waals surface area contributed by atoms with Gasteiger partial charge in [0.05, 0.1) is 11.5 Å². The minimum absolute atomic E-state index is 0.0223. The van der Waals surface area contributed by atoms with Crippen LogP contribution in [-0.2, 0) is 13.8 Å². The molecule has 1 aliphatic rings. The van der Waals surface area contributed by atoms with Crippen molar-refractivity contribution in [2.24, 2.45) is 0 Å². The molecule has 1 fully saturated rings. The zero-order valence-corrected chi connectivity index (χ0v) is 12.5. The first-order chi connectivity index (χ1) is 9.36. The zero-order valence-electron chi connectivity index (χ0n) is 10.9. The Balaban J connectivity index is 2.00. The molecule has 1 aromatic carbocycles. The maximum absolute atomic E-state index is 13.7. The maximum atomic E-state index is 13.7. The third-order valence-corrected chi connectivity index (χ3v) is 4.30. The number of hydrogen-bond acceptors (Lipinski definition) is 5. The van der Waals surface area contributed by atoms with Gasteiger partial charge in [0.15, 0.2) is 11.6 Å². The zero-order chi connectivity index (χ0) is 14.8. The van der Waals surface area contributed by atoms with Gasteiger partial charge in [0.25, 0.3) is 9.05 Å². The Labute approximate surface area is 121 Å². The van der Waals surface area contributed by atoms with Crippen LogP contribution in [0, 0.1) is 5.82 Å². The average molecular weight is 324 g/mol. The van der Waals surface area contributed by atoms with Crippen LogP contribution < -0.4 is 4.74 Å². The fraction of sp³-hybridized carbons (Fsp3) is 0.500. The van der Waals surface area contributed by atoms with Gasteiger partial charge >= 0.3 is 0 Å². The minimum Gasteiger partial charge on any atom is -0.488 e. The summed E-state index contributed by atoms with van der Waals surface area (Å²) in [5.41, 5.74) is 0. The molecule has 0 saturated carbocycles. The van der Waals surface area contributed by atoms with E-state index in [-0.39, 0.29) is 23.4 Å². The van der Waals surface area contributed by atoms with Crippen molar-refractivity contribution in [3.8, 4) is 5.75 Å². The lowest BCUT2D eigenvalue weighted by molar-refractivity contribution is -0.0408. The molecule has 0 radical (unpaired) electrons. The maximum Gasteiger partial charge on any atom is 0.261 e. The number of nitrogens with zero attached hydrogens (tertiary/aromatic N) is 1. The molecule has 0 aliphatic carbocycles. The molecule has 8 heteroatoms. The number of halogens is 2. The van der Waals surface area contributed by atoms with Gasteiger partial charge in [0.1, 0.15) is 12.7 Å². The topological polar surface area (TPSA) is 55.8 Å². The summed E-state index contributed by atoms with van der Waals surface area (Å²) in [6, 6.07) is 3.29. The smallest absolute Gasteiger partial charge is 0.261 e. The SMILES string of the molecule is CN1CCOC(COc2ccc(S(=O)(=O)Cl)cc2F)C1. The van der Waals surface area contributed by atoms with Crippen molar-refractivity contribution >= 4 is 19.7 Å². The summed E-state index contributed by atoms with van der Waals surface area (Å²) in [6.45, 7) is 2.37. The lowest BCUT2D eigenvalue weighted by atomic mass is 10.3. The van der Waals surface area contributed by atoms with Crippen LogP contribution in [0.2, 0.25) is 0 Å². The summed E-state index contributed by atoms with van der Waals surface area (Å²) in [5.74, 6) is -0.790. The summed E-state index contributed by atoms with van der Waals surface area (Å²) in [7, 11) is 3.17. The van der Waals surface area contributed by atoms with Gasteiger partial charge in [-0.2, -0.15) is 0 Å². The first-order valence-corrected chi connectivity index (χ1v) is 8.34. The van der Waals surface area contributed by atoms with E-state index in [0.29, 0.717) is 13.2 Å². The number of hydrogen-bond donors (Lipinski definition) is 0. The Kier molecular flexibility index (Phi) is 4.85. The van der Waals surface area contributed by atoms with Crippen LogP contribution in [0.25, 0.3) is 0 Å². The van der Waals surface area contributed by atoms with E-state index in [4.69, 9.17) is 20.2 Å². The Morgan fingerprint density at radius 2 is 2.30 bits per heavy atom. The summed E-state index contributed by atoms with van der Waals surface area (Å²) in [6.07, 6.45) is -0.135. The summed E-state index contributed by atoms with van der Waals surface area (Å²) < 4.78 is 46.7. The second kappa shape index (κ2) is 6.26. The molecule has 1 unspecified atom stereocenters. The Bertz CT molecular complexity index is 581. The van der Waals surface area contributed by atoms with Crippen molar-refractivity contribution in [2.75, 3.05) is 33.4 Å². The highest BCUT2D eigenvalue weighted by atomic mass is 35.7. The van der Waals surface area contributed by atoms with Crippen molar-refractivity contribution in [3.05, 3.63) is 24.0 Å². The number of likely N-dealkylation sites (N-methyl/N-ethyl adjacent to an activating group) is 1. The van der Waals surface area contributed by atoms with Crippen LogP contribution in [0.4, 0.5) is 4.39 Å². The fourth-order valence-electron chi connectivity index (χ4n) is 1.90. The van der Waals surface area contributed by atoms with Gasteiger partial charge in [-0.15, -0.1) is 0 Å². The van der Waals surface area contributed by atoms with Gasteiger partial charge in [0.2, 0.25) is 0 Å². The van der Waals surface area contributed by atoms with Crippen molar-refractivity contribution in [1.29, 1.82) is 0 Å². The molecular weight excluding hydrogens is 309 g/mol. The van der Waals surface area contributed by atoms with Crippen LogP contribution in [-0.4, -0.2) is 52.8 Å². The highest BCUT2D eigenvalue weighted by Gasteiger charge is 2.19. The first-order valence-electron chi connectivity index (χ1n) is 6.03. The second-order valence-electron chi connectivity index (χ2n) is 4.60. The Morgan fingerprint density at radius 1 is 1.55 bits per heavy atom. The van der Waals surface area contributed by atoms with Crippen LogP contribution in [0.1, 0.15) is 0 Å². The molecule has 1 heterocycles. The van der Waals surface area contributed by atoms with E-state index < -0.39 is 14.9 Å². The number of rotatable bonds is 4. The third kappa shape index (κ3) is 4.05. The predicted octanol–water partition coefficient (Wildman–Crippen LogP) is 1.46. The number of morpholine rings is 1. The third-order valence-electron chi connectivity index (χ3n) is 2.95. The Morgan fingerprint density at radius 3 is 2.90 bits per heavy atom. The summed E-state index contributed by atoms with van der Waals surface area (Å²) >= 11 is 0. The molecule has 0 bridgehead atoms. The predicted molar refractivity (Wildman–Crippen MR) is 72.2 cm³/mol. The molecule has 1 saturated heterocycles. The molecular formula is C12H15ClFNO4S.